The zero-order valence-corrected chi connectivity index (χ0v) is 14.7. The van der Waals surface area contributed by atoms with Crippen LogP contribution in [-0.4, -0.2) is 55.2 Å². The molecule has 2 saturated heterocycles. The second-order valence-corrected chi connectivity index (χ2v) is 8.28. The molecule has 4 heteroatoms. The molecule has 4 nitrogen and oxygen atoms in total. The van der Waals surface area contributed by atoms with Gasteiger partial charge in [0.05, 0.1) is 6.10 Å². The van der Waals surface area contributed by atoms with Crippen LogP contribution in [0.25, 0.3) is 0 Å². The molecular weight excluding hydrogens is 278 g/mol. The molecule has 0 amide bonds. The van der Waals surface area contributed by atoms with Crippen molar-refractivity contribution < 1.29 is 14.6 Å². The Morgan fingerprint density at radius 1 is 1.32 bits per heavy atom. The largest absolute Gasteiger partial charge is 0.390 e. The van der Waals surface area contributed by atoms with Crippen LogP contribution < -0.4 is 0 Å². The van der Waals surface area contributed by atoms with Crippen LogP contribution in [0.5, 0.6) is 0 Å². The summed E-state index contributed by atoms with van der Waals surface area (Å²) in [7, 11) is 5.94. The van der Waals surface area contributed by atoms with Gasteiger partial charge < -0.3 is 19.5 Å². The van der Waals surface area contributed by atoms with Gasteiger partial charge in [-0.05, 0) is 58.7 Å². The van der Waals surface area contributed by atoms with Gasteiger partial charge in [-0.1, -0.05) is 13.3 Å². The van der Waals surface area contributed by atoms with Crippen molar-refractivity contribution in [2.45, 2.75) is 75.8 Å². The van der Waals surface area contributed by atoms with Crippen molar-refractivity contribution in [1.82, 2.24) is 4.90 Å². The zero-order chi connectivity index (χ0) is 16.0. The smallest absolute Gasteiger partial charge is 0.169 e. The number of rotatable bonds is 6. The summed E-state index contributed by atoms with van der Waals surface area (Å²) in [6.45, 7) is 3.38. The van der Waals surface area contributed by atoms with Crippen LogP contribution in [0.2, 0.25) is 0 Å². The van der Waals surface area contributed by atoms with Crippen LogP contribution in [0.4, 0.5) is 0 Å². The van der Waals surface area contributed by atoms with E-state index in [1.807, 2.05) is 0 Å². The molecule has 0 aromatic heterocycles. The molecule has 1 N–H and O–H groups in total. The van der Waals surface area contributed by atoms with E-state index in [0.29, 0.717) is 5.92 Å². The van der Waals surface area contributed by atoms with E-state index in [9.17, 15) is 5.11 Å². The lowest BCUT2D eigenvalue weighted by Gasteiger charge is -2.69. The highest BCUT2D eigenvalue weighted by Crippen LogP contribution is 2.66. The van der Waals surface area contributed by atoms with Crippen molar-refractivity contribution in [2.75, 3.05) is 27.7 Å². The molecule has 2 aliphatic heterocycles. The third-order valence-corrected chi connectivity index (χ3v) is 6.91. The SMILES string of the molecule is CO[C@]12CCC3(C)C(CCC[C@@]3([C@H](O)CCCN(C)C)O1)C2. The molecule has 128 valence electrons. The molecule has 2 saturated carbocycles. The summed E-state index contributed by atoms with van der Waals surface area (Å²) < 4.78 is 12.4. The lowest BCUT2D eigenvalue weighted by molar-refractivity contribution is -0.414. The first-order chi connectivity index (χ1) is 10.4. The van der Waals surface area contributed by atoms with E-state index in [1.54, 1.807) is 7.11 Å². The molecule has 0 spiro atoms. The Bertz CT molecular complexity index is 415. The van der Waals surface area contributed by atoms with Gasteiger partial charge in [-0.15, -0.1) is 0 Å². The van der Waals surface area contributed by atoms with Gasteiger partial charge in [0.1, 0.15) is 5.60 Å². The predicted molar refractivity (Wildman–Crippen MR) is 86.6 cm³/mol. The molecule has 0 radical (unpaired) electrons. The first-order valence-corrected chi connectivity index (χ1v) is 8.96. The average molecular weight is 311 g/mol. The summed E-state index contributed by atoms with van der Waals surface area (Å²) in [6, 6.07) is 0. The highest BCUT2D eigenvalue weighted by Gasteiger charge is 2.69. The number of methoxy groups -OCH3 is 1. The zero-order valence-electron chi connectivity index (χ0n) is 14.7. The van der Waals surface area contributed by atoms with Crippen molar-refractivity contribution in [2.24, 2.45) is 11.3 Å². The van der Waals surface area contributed by atoms with Crippen LogP contribution in [0.15, 0.2) is 0 Å². The molecule has 2 unspecified atom stereocenters. The second kappa shape index (κ2) is 5.73. The lowest BCUT2D eigenvalue weighted by Crippen LogP contribution is -2.73. The number of nitrogens with zero attached hydrogens (tertiary/aromatic N) is 1. The first-order valence-electron chi connectivity index (χ1n) is 8.96. The summed E-state index contributed by atoms with van der Waals surface area (Å²) in [5.74, 6) is 0.193. The molecule has 4 bridgehead atoms. The number of fused-ring (bicyclic) bond motifs is 1. The van der Waals surface area contributed by atoms with Crippen molar-refractivity contribution in [3.05, 3.63) is 0 Å². The average Bonchev–Trinajstić information content (AvgIpc) is 2.46. The van der Waals surface area contributed by atoms with Crippen molar-refractivity contribution in [1.29, 1.82) is 0 Å². The normalized spacial score (nSPS) is 45.3. The van der Waals surface area contributed by atoms with Gasteiger partial charge in [0, 0.05) is 25.4 Å². The number of aliphatic hydroxyl groups excluding tert-OH is 1. The second-order valence-electron chi connectivity index (χ2n) is 8.28. The third-order valence-electron chi connectivity index (χ3n) is 6.91. The van der Waals surface area contributed by atoms with Crippen LogP contribution in [0, 0.1) is 11.3 Å². The van der Waals surface area contributed by atoms with Gasteiger partial charge in [0.2, 0.25) is 0 Å². The van der Waals surface area contributed by atoms with E-state index in [4.69, 9.17) is 9.47 Å². The minimum Gasteiger partial charge on any atom is -0.390 e. The molecule has 0 aromatic carbocycles. The maximum Gasteiger partial charge on any atom is 0.169 e. The fourth-order valence-corrected chi connectivity index (χ4v) is 5.50. The topological polar surface area (TPSA) is 41.9 Å². The third kappa shape index (κ3) is 2.34. The van der Waals surface area contributed by atoms with Crippen LogP contribution in [0.1, 0.15) is 58.3 Å². The number of hydrogen-bond donors (Lipinski definition) is 1. The maximum atomic E-state index is 11.1. The first kappa shape index (κ1) is 16.7. The molecule has 2 heterocycles. The number of hydrogen-bond acceptors (Lipinski definition) is 4. The minimum atomic E-state index is -0.439. The Morgan fingerprint density at radius 2 is 2.09 bits per heavy atom. The maximum absolute atomic E-state index is 11.1. The minimum absolute atomic E-state index is 0.114. The quantitative estimate of drug-likeness (QED) is 0.819. The summed E-state index contributed by atoms with van der Waals surface area (Å²) in [6.07, 6.45) is 7.97. The van der Waals surface area contributed by atoms with Crippen LogP contribution in [-0.2, 0) is 9.47 Å². The van der Waals surface area contributed by atoms with Gasteiger partial charge in [-0.3, -0.25) is 0 Å². The summed E-state index contributed by atoms with van der Waals surface area (Å²) >= 11 is 0. The molecule has 5 atom stereocenters. The van der Waals surface area contributed by atoms with Gasteiger partial charge in [0.25, 0.3) is 0 Å². The fraction of sp³-hybridized carbons (Fsp3) is 1.00. The fourth-order valence-electron chi connectivity index (χ4n) is 5.50. The number of ether oxygens (including phenoxy) is 2. The lowest BCUT2D eigenvalue weighted by atomic mass is 9.48. The molecular formula is C18H33NO3. The van der Waals surface area contributed by atoms with Gasteiger partial charge >= 0.3 is 0 Å². The molecule has 4 fully saturated rings. The molecule has 0 aromatic rings. The highest BCUT2D eigenvalue weighted by molar-refractivity contribution is 5.15. The van der Waals surface area contributed by atoms with Gasteiger partial charge in [0.15, 0.2) is 5.79 Å². The summed E-state index contributed by atoms with van der Waals surface area (Å²) in [5, 5.41) is 11.1. The Morgan fingerprint density at radius 3 is 2.77 bits per heavy atom. The Balaban J connectivity index is 1.82. The van der Waals surface area contributed by atoms with Gasteiger partial charge in [-0.2, -0.15) is 0 Å². The van der Waals surface area contributed by atoms with E-state index in [1.165, 1.54) is 12.8 Å². The monoisotopic (exact) mass is 311 g/mol. The van der Waals surface area contributed by atoms with Crippen LogP contribution >= 0.6 is 0 Å². The van der Waals surface area contributed by atoms with Crippen molar-refractivity contribution >= 4 is 0 Å². The van der Waals surface area contributed by atoms with Gasteiger partial charge in [-0.25, -0.2) is 0 Å². The summed E-state index contributed by atoms with van der Waals surface area (Å²) in [5.41, 5.74) is -0.280. The van der Waals surface area contributed by atoms with E-state index >= 15 is 0 Å². The molecule has 22 heavy (non-hydrogen) atoms. The van der Waals surface area contributed by atoms with Crippen LogP contribution in [0.3, 0.4) is 0 Å². The standard InChI is InChI=1S/C18H33NO3/c1-16-10-11-17(21-4)13-14(16)7-5-9-18(16,22-17)15(20)8-6-12-19(2)3/h14-15,20H,5-13H2,1-4H3/t14?,15-,16?,17-,18+/m1/s1. The Hall–Kier alpha value is -0.160. The summed E-state index contributed by atoms with van der Waals surface area (Å²) in [4.78, 5) is 2.18. The molecule has 4 rings (SSSR count). The predicted octanol–water partition coefficient (Wildman–Crippen LogP) is 2.79. The number of aliphatic hydroxyl groups is 1. The Kier molecular flexibility index (Phi) is 4.35. The van der Waals surface area contributed by atoms with E-state index < -0.39 is 11.4 Å². The van der Waals surface area contributed by atoms with E-state index in [2.05, 4.69) is 25.9 Å². The van der Waals surface area contributed by atoms with Crippen molar-refractivity contribution in [3.63, 3.8) is 0 Å². The van der Waals surface area contributed by atoms with E-state index in [-0.39, 0.29) is 11.5 Å². The Labute approximate surface area is 135 Å². The van der Waals surface area contributed by atoms with E-state index in [0.717, 1.165) is 45.1 Å². The molecule has 4 aliphatic rings. The van der Waals surface area contributed by atoms with Crippen molar-refractivity contribution in [3.8, 4) is 0 Å². The molecule has 2 aliphatic carbocycles. The highest BCUT2D eigenvalue weighted by atomic mass is 16.7.